The maximum absolute atomic E-state index is 14.8. The number of carbonyl (C=O) groups is 2. The molecule has 0 N–H and O–H groups in total. The molecule has 8 atom stereocenters. The fourth-order valence-corrected chi connectivity index (χ4v) is 9.06. The van der Waals surface area contributed by atoms with Crippen molar-refractivity contribution in [2.24, 2.45) is 11.8 Å². The number of aryl methyl sites for hydroxylation is 1. The number of hydrogen-bond acceptors (Lipinski definition) is 8. The van der Waals surface area contributed by atoms with Gasteiger partial charge in [-0.15, -0.1) is 0 Å². The molecule has 5 aromatic carbocycles. The molecule has 2 fully saturated rings. The van der Waals surface area contributed by atoms with Crippen LogP contribution in [0.15, 0.2) is 115 Å². The Kier molecular flexibility index (Phi) is 9.60. The summed E-state index contributed by atoms with van der Waals surface area (Å²) in [5, 5.41) is 0. The molecule has 0 spiro atoms. The Morgan fingerprint density at radius 3 is 1.95 bits per heavy atom. The number of benzene rings is 5. The van der Waals surface area contributed by atoms with E-state index in [1.165, 1.54) is 0 Å². The van der Waals surface area contributed by atoms with Gasteiger partial charge in [0.15, 0.2) is 11.6 Å². The van der Waals surface area contributed by atoms with Crippen LogP contribution < -0.4 is 9.47 Å². The third-order valence-electron chi connectivity index (χ3n) is 11.6. The largest absolute Gasteiger partial charge is 0.496 e. The molecule has 8 nitrogen and oxygen atoms in total. The third kappa shape index (κ3) is 6.47. The molecule has 280 valence electrons. The molecule has 2 bridgehead atoms. The lowest BCUT2D eigenvalue weighted by Crippen LogP contribution is -2.47. The van der Waals surface area contributed by atoms with Crippen molar-refractivity contribution in [3.63, 3.8) is 0 Å². The second kappa shape index (κ2) is 14.8. The molecule has 0 aromatic heterocycles. The average Bonchev–Trinajstić information content (AvgIpc) is 3.79. The van der Waals surface area contributed by atoms with Crippen LogP contribution in [0.1, 0.15) is 91.3 Å². The first-order valence-corrected chi connectivity index (χ1v) is 19.1. The van der Waals surface area contributed by atoms with E-state index in [2.05, 4.69) is 6.07 Å². The van der Waals surface area contributed by atoms with Gasteiger partial charge in [0.1, 0.15) is 24.2 Å². The van der Waals surface area contributed by atoms with Crippen LogP contribution in [0.25, 0.3) is 0 Å². The number of Topliss-reactive ketones (excluding diaryl/α,β-unsaturated/α-hetero) is 2. The zero-order valence-corrected chi connectivity index (χ0v) is 31.2. The summed E-state index contributed by atoms with van der Waals surface area (Å²) in [5.41, 5.74) is 7.32. The van der Waals surface area contributed by atoms with E-state index in [0.29, 0.717) is 54.4 Å². The molecule has 0 radical (unpaired) electrons. The number of carbonyl (C=O) groups excluding carboxylic acids is 2. The quantitative estimate of drug-likeness (QED) is 0.133. The van der Waals surface area contributed by atoms with Gasteiger partial charge in [0, 0.05) is 23.1 Å². The highest BCUT2D eigenvalue weighted by Gasteiger charge is 2.62. The highest BCUT2D eigenvalue weighted by molar-refractivity contribution is 6.18. The second-order valence-electron chi connectivity index (χ2n) is 15.1. The van der Waals surface area contributed by atoms with Gasteiger partial charge in [-0.05, 0) is 47.7 Å². The summed E-state index contributed by atoms with van der Waals surface area (Å²) in [6.45, 7) is 5.23. The van der Waals surface area contributed by atoms with E-state index in [0.717, 1.165) is 33.4 Å². The van der Waals surface area contributed by atoms with Crippen molar-refractivity contribution >= 4 is 11.6 Å². The van der Waals surface area contributed by atoms with Gasteiger partial charge in [-0.3, -0.25) is 9.59 Å². The first-order chi connectivity index (χ1) is 26.9. The van der Waals surface area contributed by atoms with Gasteiger partial charge < -0.3 is 28.4 Å². The van der Waals surface area contributed by atoms with Gasteiger partial charge in [-0.2, -0.15) is 0 Å². The Hall–Kier alpha value is -5.12. The van der Waals surface area contributed by atoms with Crippen LogP contribution in [-0.4, -0.2) is 37.0 Å². The number of methoxy groups -OCH3 is 1. The van der Waals surface area contributed by atoms with E-state index >= 15 is 0 Å². The van der Waals surface area contributed by atoms with Gasteiger partial charge >= 0.3 is 0 Å². The van der Waals surface area contributed by atoms with Crippen molar-refractivity contribution in [1.29, 1.82) is 0 Å². The predicted octanol–water partition coefficient (Wildman–Crippen LogP) is 9.04. The topological polar surface area (TPSA) is 89.5 Å². The Labute approximate surface area is 321 Å². The van der Waals surface area contributed by atoms with Crippen molar-refractivity contribution in [2.75, 3.05) is 7.11 Å². The first-order valence-electron chi connectivity index (χ1n) is 19.1. The summed E-state index contributed by atoms with van der Waals surface area (Å²) >= 11 is 0. The minimum Gasteiger partial charge on any atom is -0.496 e. The average molecular weight is 737 g/mol. The van der Waals surface area contributed by atoms with E-state index in [9.17, 15) is 9.59 Å². The smallest absolute Gasteiger partial charge is 0.174 e. The molecule has 4 unspecified atom stereocenters. The summed E-state index contributed by atoms with van der Waals surface area (Å²) in [7, 11) is 1.55. The summed E-state index contributed by atoms with van der Waals surface area (Å²) < 4.78 is 38.8. The molecule has 4 aliphatic rings. The second-order valence-corrected chi connectivity index (χ2v) is 15.1. The number of ether oxygens (including phenoxy) is 6. The lowest BCUT2D eigenvalue weighted by atomic mass is 9.65. The standard InChI is InChI=1S/C47H44O8/c1-27-21-34-38(36(22-27)51-24-29-13-7-4-8-14-29)47-40-41(46(34)55-47)43(49)39-33(42(40)48)20-19-32(45(39)50-3)35-23-37(52-25-30-15-9-5-10-16-30)44(28(2)54-35)53-26-31-17-11-6-12-18-31/h4-22,28,35,37,40-41,44,46-47H,23-26H2,1-3H3/t28-,35-,37-,40?,41?,44-,46?,47?/m1/s1. The van der Waals surface area contributed by atoms with Crippen LogP contribution >= 0.6 is 0 Å². The molecular weight excluding hydrogens is 693 g/mol. The van der Waals surface area contributed by atoms with Gasteiger partial charge in [0.05, 0.1) is 68.2 Å². The summed E-state index contributed by atoms with van der Waals surface area (Å²) in [6.07, 6.45) is -2.16. The van der Waals surface area contributed by atoms with Crippen LogP contribution in [-0.2, 0) is 38.8 Å². The van der Waals surface area contributed by atoms with E-state index in [1.54, 1.807) is 13.2 Å². The Morgan fingerprint density at radius 1 is 0.673 bits per heavy atom. The number of rotatable bonds is 11. The molecular formula is C47H44O8. The number of ketones is 2. The van der Waals surface area contributed by atoms with Crippen molar-refractivity contribution in [2.45, 2.75) is 76.7 Å². The van der Waals surface area contributed by atoms with Crippen LogP contribution in [0.5, 0.6) is 11.5 Å². The Bertz CT molecular complexity index is 2200. The number of hydrogen-bond donors (Lipinski definition) is 0. The van der Waals surface area contributed by atoms with Crippen molar-refractivity contribution < 1.29 is 38.0 Å². The summed E-state index contributed by atoms with van der Waals surface area (Å²) in [5.74, 6) is -0.519. The molecule has 1 aliphatic carbocycles. The van der Waals surface area contributed by atoms with E-state index in [-0.39, 0.29) is 29.9 Å². The SMILES string of the molecule is COc1c([C@H]2C[C@@H](OCc3ccccc3)[C@H](OCc3ccccc3)[C@@H](C)O2)ccc2c1C(=O)C1C3OC(c4c(OCc5ccccc5)cc(C)cc43)C1C2=O. The molecule has 3 aliphatic heterocycles. The zero-order valence-electron chi connectivity index (χ0n) is 31.2. The molecule has 8 heteroatoms. The molecule has 3 heterocycles. The monoisotopic (exact) mass is 736 g/mol. The van der Waals surface area contributed by atoms with Gasteiger partial charge in [0.2, 0.25) is 0 Å². The zero-order chi connectivity index (χ0) is 37.6. The van der Waals surface area contributed by atoms with E-state index in [1.807, 2.05) is 117 Å². The summed E-state index contributed by atoms with van der Waals surface area (Å²) in [4.78, 5) is 29.3. The molecule has 2 saturated heterocycles. The van der Waals surface area contributed by atoms with Crippen LogP contribution in [0.2, 0.25) is 0 Å². The van der Waals surface area contributed by atoms with Crippen LogP contribution in [0.4, 0.5) is 0 Å². The van der Waals surface area contributed by atoms with E-state index in [4.69, 9.17) is 28.4 Å². The lowest BCUT2D eigenvalue weighted by Gasteiger charge is -2.41. The maximum Gasteiger partial charge on any atom is 0.174 e. The maximum atomic E-state index is 14.8. The number of fused-ring (bicyclic) bond motifs is 9. The Balaban J connectivity index is 1.01. The molecule has 0 saturated carbocycles. The van der Waals surface area contributed by atoms with Crippen molar-refractivity contribution in [3.8, 4) is 11.5 Å². The van der Waals surface area contributed by atoms with Gasteiger partial charge in [0.25, 0.3) is 0 Å². The minimum absolute atomic E-state index is 0.117. The molecule has 5 aromatic rings. The first kappa shape index (κ1) is 35.6. The van der Waals surface area contributed by atoms with Crippen LogP contribution in [0.3, 0.4) is 0 Å². The van der Waals surface area contributed by atoms with Crippen molar-refractivity contribution in [3.05, 3.63) is 165 Å². The molecule has 0 amide bonds. The third-order valence-corrected chi connectivity index (χ3v) is 11.6. The predicted molar refractivity (Wildman–Crippen MR) is 205 cm³/mol. The highest BCUT2D eigenvalue weighted by Crippen LogP contribution is 2.63. The minimum atomic E-state index is -0.672. The van der Waals surface area contributed by atoms with Crippen LogP contribution in [0, 0.1) is 18.8 Å². The highest BCUT2D eigenvalue weighted by atomic mass is 16.6. The Morgan fingerprint density at radius 2 is 1.29 bits per heavy atom. The lowest BCUT2D eigenvalue weighted by molar-refractivity contribution is -0.204. The van der Waals surface area contributed by atoms with Gasteiger partial charge in [-0.1, -0.05) is 109 Å². The molecule has 55 heavy (non-hydrogen) atoms. The molecule has 9 rings (SSSR count). The summed E-state index contributed by atoms with van der Waals surface area (Å²) in [6, 6.07) is 37.8. The van der Waals surface area contributed by atoms with Gasteiger partial charge in [-0.25, -0.2) is 0 Å². The fourth-order valence-electron chi connectivity index (χ4n) is 9.06. The van der Waals surface area contributed by atoms with E-state index < -0.39 is 30.1 Å². The normalized spacial score (nSPS) is 26.3. The van der Waals surface area contributed by atoms with Crippen molar-refractivity contribution in [1.82, 2.24) is 0 Å². The fraction of sp³-hybridized carbons (Fsp3) is 0.319.